The number of nitrogens with zero attached hydrogens (tertiary/aromatic N) is 23. The summed E-state index contributed by atoms with van der Waals surface area (Å²) in [6.45, 7) is 55.0. The van der Waals surface area contributed by atoms with E-state index in [1.54, 1.807) is 82.1 Å². The van der Waals surface area contributed by atoms with Crippen LogP contribution < -0.4 is 0 Å². The third-order valence-corrected chi connectivity index (χ3v) is 7.81. The van der Waals surface area contributed by atoms with Crippen LogP contribution in [0.3, 0.4) is 0 Å². The van der Waals surface area contributed by atoms with Gasteiger partial charge >= 0.3 is 0 Å². The molecule has 0 fully saturated rings. The van der Waals surface area contributed by atoms with Crippen LogP contribution in [0.5, 0.6) is 0 Å². The summed E-state index contributed by atoms with van der Waals surface area (Å²) < 4.78 is 33.4. The maximum Gasteiger partial charge on any atom is 0.213 e. The molecule has 0 N–H and O–H groups in total. The van der Waals surface area contributed by atoms with E-state index in [2.05, 4.69) is 108 Å². The van der Waals surface area contributed by atoms with Crippen LogP contribution in [0.15, 0.2) is 87.1 Å². The van der Waals surface area contributed by atoms with Gasteiger partial charge in [-0.3, -0.25) is 14.0 Å². The summed E-state index contributed by atoms with van der Waals surface area (Å²) >= 11 is 5.59. The Bertz CT molecular complexity index is 1990. The standard InChI is InChI=1S/2C4H6N2O.2C4H6N2S.3C3H5N3.C2H2N2O.2C2H2N2S.10C2H6/c1-3-5-6-4(2)7-3;1-3-4(2)6-7-5-3;1-3-5-6-4(2)7-3;1-3-4(2)6-7-5-3;1-6-3-4-2-5-6;2*1-6-3-2-4-5-6;2*1-3-2-5-4-1;1-2-5-4-3-1;10*1-2/h4*1-2H3;3*2-3H,1H3;3*1-2H;10*1-2H3. The van der Waals surface area contributed by atoms with E-state index >= 15 is 0 Å². The lowest BCUT2D eigenvalue weighted by Crippen LogP contribution is -1.85. The van der Waals surface area contributed by atoms with Crippen LogP contribution in [0.1, 0.15) is 183 Å². The molecule has 10 rings (SSSR count). The van der Waals surface area contributed by atoms with Crippen molar-refractivity contribution in [2.45, 2.75) is 194 Å². The molecule has 30 heteroatoms. The topological polar surface area (TPSA) is 312 Å². The third kappa shape index (κ3) is 82.1. The molecule has 26 nitrogen and oxygen atoms in total. The van der Waals surface area contributed by atoms with Crippen molar-refractivity contribution in [2.24, 2.45) is 21.1 Å². The molecule has 81 heavy (non-hydrogen) atoms. The van der Waals surface area contributed by atoms with Crippen molar-refractivity contribution in [1.82, 2.24) is 113 Å². The summed E-state index contributed by atoms with van der Waals surface area (Å²) in [4.78, 5) is 10.7. The summed E-state index contributed by atoms with van der Waals surface area (Å²) in [6, 6.07) is 0. The molecule has 0 radical (unpaired) electrons. The number of hydrogen-bond acceptors (Lipinski definition) is 27. The highest BCUT2D eigenvalue weighted by atomic mass is 32.1. The van der Waals surface area contributed by atoms with Crippen molar-refractivity contribution in [2.75, 3.05) is 0 Å². The van der Waals surface area contributed by atoms with Gasteiger partial charge in [-0.25, -0.2) is 19.6 Å². The molecule has 10 heterocycles. The largest absolute Gasteiger partial charge is 0.426 e. The Morgan fingerprint density at radius 1 is 0.457 bits per heavy atom. The van der Waals surface area contributed by atoms with Crippen LogP contribution in [-0.4, -0.2) is 113 Å². The van der Waals surface area contributed by atoms with Crippen molar-refractivity contribution in [1.29, 1.82) is 0 Å². The Morgan fingerprint density at radius 2 is 0.914 bits per heavy atom. The van der Waals surface area contributed by atoms with E-state index in [0.29, 0.717) is 11.8 Å². The van der Waals surface area contributed by atoms with Gasteiger partial charge in [-0.2, -0.15) is 18.2 Å². The van der Waals surface area contributed by atoms with Crippen LogP contribution in [0.25, 0.3) is 0 Å². The van der Waals surface area contributed by atoms with Gasteiger partial charge in [-0.15, -0.1) is 47.0 Å². The van der Waals surface area contributed by atoms with Gasteiger partial charge in [0.15, 0.2) is 6.33 Å². The van der Waals surface area contributed by atoms with Crippen molar-refractivity contribution in [3.63, 3.8) is 0 Å². The first-order valence-electron chi connectivity index (χ1n) is 26.9. The molecule has 0 bridgehead atoms. The van der Waals surface area contributed by atoms with Gasteiger partial charge in [0.1, 0.15) is 45.9 Å². The lowest BCUT2D eigenvalue weighted by molar-refractivity contribution is 0.302. The Balaban J connectivity index is -0.0000000836. The maximum absolute atomic E-state index is 4.86. The van der Waals surface area contributed by atoms with Crippen molar-refractivity contribution >= 4 is 46.1 Å². The zero-order chi connectivity index (χ0) is 64.9. The second kappa shape index (κ2) is 89.6. The third-order valence-electron chi connectivity index (χ3n) is 5.48. The Kier molecular flexibility index (Phi) is 107. The number of rotatable bonds is 0. The predicted molar refractivity (Wildman–Crippen MR) is 337 cm³/mol. The molecule has 10 aromatic heterocycles. The lowest BCUT2D eigenvalue weighted by atomic mass is 10.4. The van der Waals surface area contributed by atoms with E-state index in [-0.39, 0.29) is 0 Å². The number of hydrogen-bond donors (Lipinski definition) is 0. The molecule has 0 unspecified atom stereocenters. The molecular formula is C51H105N23O3S4. The van der Waals surface area contributed by atoms with Gasteiger partial charge in [0, 0.05) is 52.8 Å². The lowest BCUT2D eigenvalue weighted by Gasteiger charge is -1.75. The van der Waals surface area contributed by atoms with Crippen LogP contribution in [0, 0.1) is 55.4 Å². The number of aryl methyl sites for hydroxylation is 11. The highest BCUT2D eigenvalue weighted by Crippen LogP contribution is 2.04. The van der Waals surface area contributed by atoms with Crippen molar-refractivity contribution in [3.8, 4) is 0 Å². The zero-order valence-corrected chi connectivity index (χ0v) is 58.3. The predicted octanol–water partition coefficient (Wildman–Crippen LogP) is 14.5. The average Bonchev–Trinajstić information content (AvgIpc) is 4.35. The highest BCUT2D eigenvalue weighted by Gasteiger charge is 1.94. The molecule has 0 saturated carbocycles. The second-order valence-corrected chi connectivity index (χ2v) is 13.7. The fourth-order valence-corrected chi connectivity index (χ4v) is 4.24. The fourth-order valence-electron chi connectivity index (χ4n) is 2.55. The van der Waals surface area contributed by atoms with Crippen LogP contribution in [-0.2, 0) is 21.1 Å². The summed E-state index contributed by atoms with van der Waals surface area (Å²) in [6.07, 6.45) is 15.7. The molecule has 0 saturated heterocycles. The van der Waals surface area contributed by atoms with E-state index in [4.69, 9.17) is 4.42 Å². The monoisotopic (exact) mass is 1220 g/mol. The van der Waals surface area contributed by atoms with E-state index in [0.717, 1.165) is 32.8 Å². The van der Waals surface area contributed by atoms with Crippen LogP contribution in [0.4, 0.5) is 0 Å². The molecule has 0 aliphatic heterocycles. The molecule has 0 atom stereocenters. The Morgan fingerprint density at radius 3 is 1.02 bits per heavy atom. The number of aromatic nitrogens is 23. The second-order valence-electron chi connectivity index (χ2n) is 10.5. The van der Waals surface area contributed by atoms with Crippen LogP contribution >= 0.6 is 46.1 Å². The summed E-state index contributed by atoms with van der Waals surface area (Å²) in [5, 5.41) is 50.4. The molecule has 0 aromatic carbocycles. The first-order chi connectivity index (χ1) is 39.4. The van der Waals surface area contributed by atoms with Crippen molar-refractivity contribution < 1.29 is 13.6 Å². The molecule has 0 aliphatic rings. The van der Waals surface area contributed by atoms with Gasteiger partial charge in [-0.1, -0.05) is 169 Å². The van der Waals surface area contributed by atoms with E-state index < -0.39 is 0 Å². The first-order valence-corrected chi connectivity index (χ1v) is 30.1. The molecule has 0 aliphatic carbocycles. The molecular weight excluding hydrogens is 1110 g/mol. The van der Waals surface area contributed by atoms with Gasteiger partial charge in [0.2, 0.25) is 18.2 Å². The molecule has 466 valence electrons. The summed E-state index contributed by atoms with van der Waals surface area (Å²) in [5.41, 5.74) is 5.50. The van der Waals surface area contributed by atoms with Gasteiger partial charge < -0.3 is 8.94 Å². The van der Waals surface area contributed by atoms with Crippen LogP contribution in [0.2, 0.25) is 0 Å². The average molecular weight is 1220 g/mol. The smallest absolute Gasteiger partial charge is 0.213 e. The minimum atomic E-state index is 0.623. The molecule has 0 amide bonds. The fraction of sp³-hybridized carbons (Fsp3) is 0.608. The van der Waals surface area contributed by atoms with E-state index in [9.17, 15) is 0 Å². The first kappa shape index (κ1) is 96.4. The molecule has 0 spiro atoms. The maximum atomic E-state index is 4.86. The minimum Gasteiger partial charge on any atom is -0.426 e. The quantitative estimate of drug-likeness (QED) is 0.136. The Hall–Kier alpha value is -6.92. The summed E-state index contributed by atoms with van der Waals surface area (Å²) in [5.74, 6) is 1.25. The van der Waals surface area contributed by atoms with Gasteiger partial charge in [0.05, 0.1) is 41.7 Å². The van der Waals surface area contributed by atoms with E-state index in [1.165, 1.54) is 60.2 Å². The summed E-state index contributed by atoms with van der Waals surface area (Å²) in [7, 11) is 5.48. The van der Waals surface area contributed by atoms with Gasteiger partial charge in [0.25, 0.3) is 0 Å². The van der Waals surface area contributed by atoms with Crippen molar-refractivity contribution in [3.05, 3.63) is 118 Å². The van der Waals surface area contributed by atoms with Gasteiger partial charge in [-0.05, 0) is 64.6 Å². The minimum absolute atomic E-state index is 0.623. The highest BCUT2D eigenvalue weighted by molar-refractivity contribution is 7.11. The SMILES string of the molecule is CC.CC.CC.CC.CC.CC.CC.CC.CC.CC.Cc1nnc(C)o1.Cc1nnc(C)s1.Cc1nonc1C.Cc1nsnc1C.Cn1ccnn1.Cn1ccnn1.Cn1cncn1.c1csnn1.c1ncon1.c1ncsn1. The Labute approximate surface area is 503 Å². The molecule has 10 aromatic rings. The zero-order valence-electron chi connectivity index (χ0n) is 55.1. The normalized spacial score (nSPS) is 7.44. The van der Waals surface area contributed by atoms with E-state index in [1.807, 2.05) is 207 Å².